The third kappa shape index (κ3) is 2.73. The Morgan fingerprint density at radius 2 is 1.94 bits per heavy atom. The number of nitrogens with zero attached hydrogens (tertiary/aromatic N) is 2. The smallest absolute Gasteiger partial charge is 0.410 e. The van der Waals surface area contributed by atoms with Crippen LogP contribution in [0.25, 0.3) is 0 Å². The first-order valence-corrected chi connectivity index (χ1v) is 6.59. The Morgan fingerprint density at radius 3 is 2.41 bits per heavy atom. The summed E-state index contributed by atoms with van der Waals surface area (Å²) in [5, 5.41) is 0. The predicted molar refractivity (Wildman–Crippen MR) is 67.0 cm³/mol. The Balaban J connectivity index is 1.94. The van der Waals surface area contributed by atoms with Crippen LogP contribution in [0.15, 0.2) is 0 Å². The lowest BCUT2D eigenvalue weighted by atomic mass is 10.1. The van der Waals surface area contributed by atoms with Gasteiger partial charge in [-0.3, -0.25) is 4.90 Å². The summed E-state index contributed by atoms with van der Waals surface area (Å²) in [6.45, 7) is 11.7. The normalized spacial score (nSPS) is 23.9. The molecule has 2 rings (SSSR count). The summed E-state index contributed by atoms with van der Waals surface area (Å²) in [5.74, 6) is 0. The molecule has 0 N–H and O–H groups in total. The van der Waals surface area contributed by atoms with E-state index in [2.05, 4.69) is 11.8 Å². The molecule has 0 aromatic carbocycles. The minimum Gasteiger partial charge on any atom is -0.444 e. The zero-order chi connectivity index (χ0) is 12.7. The molecule has 1 aliphatic carbocycles. The van der Waals surface area contributed by atoms with Gasteiger partial charge in [0.1, 0.15) is 5.60 Å². The molecule has 0 aromatic heterocycles. The van der Waals surface area contributed by atoms with Crippen molar-refractivity contribution in [1.82, 2.24) is 9.80 Å². The van der Waals surface area contributed by atoms with E-state index in [-0.39, 0.29) is 11.6 Å². The molecule has 1 aliphatic heterocycles. The van der Waals surface area contributed by atoms with Crippen LogP contribution >= 0.6 is 0 Å². The van der Waals surface area contributed by atoms with Crippen LogP contribution < -0.4 is 0 Å². The lowest BCUT2D eigenvalue weighted by Gasteiger charge is -2.41. The van der Waals surface area contributed by atoms with Gasteiger partial charge in [0.2, 0.25) is 0 Å². The first-order valence-electron chi connectivity index (χ1n) is 6.59. The molecule has 0 radical (unpaired) electrons. The van der Waals surface area contributed by atoms with E-state index in [1.807, 2.05) is 25.7 Å². The minimum absolute atomic E-state index is 0.153. The number of likely N-dealkylation sites (N-methyl/N-ethyl adjacent to an activating group) is 1. The van der Waals surface area contributed by atoms with Crippen molar-refractivity contribution in [3.63, 3.8) is 0 Å². The molecule has 1 amide bonds. The van der Waals surface area contributed by atoms with Crippen LogP contribution in [0.1, 0.15) is 40.5 Å². The minimum atomic E-state index is -0.393. The van der Waals surface area contributed by atoms with Crippen LogP contribution in [0.2, 0.25) is 0 Å². The fourth-order valence-electron chi connectivity index (χ4n) is 2.61. The summed E-state index contributed by atoms with van der Waals surface area (Å²) in [4.78, 5) is 16.4. The quantitative estimate of drug-likeness (QED) is 0.703. The van der Waals surface area contributed by atoms with Crippen molar-refractivity contribution in [2.45, 2.75) is 51.7 Å². The van der Waals surface area contributed by atoms with E-state index in [4.69, 9.17) is 4.74 Å². The van der Waals surface area contributed by atoms with Crippen LogP contribution in [0.5, 0.6) is 0 Å². The van der Waals surface area contributed by atoms with Crippen molar-refractivity contribution < 1.29 is 9.53 Å². The molecular weight excluding hydrogens is 216 g/mol. The van der Waals surface area contributed by atoms with E-state index in [0.717, 1.165) is 26.2 Å². The number of hydrogen-bond acceptors (Lipinski definition) is 3. The first-order chi connectivity index (χ1) is 7.86. The molecule has 0 unspecified atom stereocenters. The number of rotatable bonds is 1. The number of carbonyl (C=O) groups is 1. The van der Waals surface area contributed by atoms with Crippen molar-refractivity contribution in [3.05, 3.63) is 0 Å². The van der Waals surface area contributed by atoms with E-state index in [1.165, 1.54) is 12.8 Å². The highest BCUT2D eigenvalue weighted by atomic mass is 16.6. The Morgan fingerprint density at radius 1 is 1.29 bits per heavy atom. The summed E-state index contributed by atoms with van der Waals surface area (Å²) in [6.07, 6.45) is 2.29. The number of amides is 1. The van der Waals surface area contributed by atoms with Crippen molar-refractivity contribution in [2.24, 2.45) is 0 Å². The van der Waals surface area contributed by atoms with E-state index < -0.39 is 5.60 Å². The van der Waals surface area contributed by atoms with E-state index in [9.17, 15) is 4.79 Å². The van der Waals surface area contributed by atoms with Gasteiger partial charge >= 0.3 is 6.09 Å². The molecule has 1 spiro atoms. The van der Waals surface area contributed by atoms with Gasteiger partial charge in [-0.1, -0.05) is 6.92 Å². The van der Waals surface area contributed by atoms with E-state index >= 15 is 0 Å². The Labute approximate surface area is 104 Å². The zero-order valence-corrected chi connectivity index (χ0v) is 11.5. The van der Waals surface area contributed by atoms with Crippen LogP contribution in [-0.4, -0.2) is 53.2 Å². The van der Waals surface area contributed by atoms with Gasteiger partial charge in [-0.25, -0.2) is 4.79 Å². The van der Waals surface area contributed by atoms with Gasteiger partial charge in [0.15, 0.2) is 0 Å². The number of carbonyl (C=O) groups excluding carboxylic acids is 1. The van der Waals surface area contributed by atoms with Gasteiger partial charge in [-0.05, 0) is 40.2 Å². The van der Waals surface area contributed by atoms with Crippen molar-refractivity contribution >= 4 is 6.09 Å². The number of ether oxygens (including phenoxy) is 1. The van der Waals surface area contributed by atoms with Gasteiger partial charge in [-0.2, -0.15) is 0 Å². The lowest BCUT2D eigenvalue weighted by Crippen LogP contribution is -2.56. The molecule has 2 fully saturated rings. The molecule has 1 saturated carbocycles. The molecule has 1 heterocycles. The summed E-state index contributed by atoms with van der Waals surface area (Å²) in [5.41, 5.74) is -0.112. The molecule has 4 heteroatoms. The third-order valence-electron chi connectivity index (χ3n) is 3.66. The average molecular weight is 240 g/mol. The SMILES string of the molecule is CCN1CCN(C(=O)OC(C)(C)C)CC12CC2. The summed E-state index contributed by atoms with van der Waals surface area (Å²) < 4.78 is 5.44. The second-order valence-electron chi connectivity index (χ2n) is 6.21. The molecule has 98 valence electrons. The highest BCUT2D eigenvalue weighted by molar-refractivity contribution is 5.68. The van der Waals surface area contributed by atoms with Gasteiger partial charge in [0, 0.05) is 25.2 Å². The maximum absolute atomic E-state index is 12.0. The second kappa shape index (κ2) is 4.16. The largest absolute Gasteiger partial charge is 0.444 e. The fourth-order valence-corrected chi connectivity index (χ4v) is 2.61. The maximum Gasteiger partial charge on any atom is 0.410 e. The maximum atomic E-state index is 12.0. The molecule has 2 aliphatic rings. The number of hydrogen-bond donors (Lipinski definition) is 0. The molecule has 0 aromatic rings. The van der Waals surface area contributed by atoms with Crippen molar-refractivity contribution in [2.75, 3.05) is 26.2 Å². The van der Waals surface area contributed by atoms with E-state index in [1.54, 1.807) is 0 Å². The van der Waals surface area contributed by atoms with Gasteiger partial charge in [-0.15, -0.1) is 0 Å². The van der Waals surface area contributed by atoms with Crippen molar-refractivity contribution in [3.8, 4) is 0 Å². The van der Waals surface area contributed by atoms with Gasteiger partial charge in [0.05, 0.1) is 0 Å². The summed E-state index contributed by atoms with van der Waals surface area (Å²) >= 11 is 0. The molecule has 1 saturated heterocycles. The standard InChI is InChI=1S/C13H24N2O2/c1-5-15-9-8-14(10-13(15)6-7-13)11(16)17-12(2,3)4/h5-10H2,1-4H3. The van der Waals surface area contributed by atoms with Gasteiger partial charge in [0.25, 0.3) is 0 Å². The van der Waals surface area contributed by atoms with Crippen LogP contribution in [0.3, 0.4) is 0 Å². The fraction of sp³-hybridized carbons (Fsp3) is 0.923. The molecular formula is C13H24N2O2. The lowest BCUT2D eigenvalue weighted by molar-refractivity contribution is 0.000321. The summed E-state index contributed by atoms with van der Waals surface area (Å²) in [6, 6.07) is 0. The topological polar surface area (TPSA) is 32.8 Å². The molecule has 0 atom stereocenters. The molecule has 4 nitrogen and oxygen atoms in total. The Kier molecular flexibility index (Phi) is 3.10. The Hall–Kier alpha value is -0.770. The van der Waals surface area contributed by atoms with Crippen LogP contribution in [0.4, 0.5) is 4.79 Å². The predicted octanol–water partition coefficient (Wildman–Crippen LogP) is 2.09. The highest BCUT2D eigenvalue weighted by Gasteiger charge is 2.51. The highest BCUT2D eigenvalue weighted by Crippen LogP contribution is 2.44. The van der Waals surface area contributed by atoms with Crippen molar-refractivity contribution in [1.29, 1.82) is 0 Å². The first kappa shape index (κ1) is 12.7. The number of piperazine rings is 1. The summed E-state index contributed by atoms with van der Waals surface area (Å²) in [7, 11) is 0. The molecule has 17 heavy (non-hydrogen) atoms. The zero-order valence-electron chi connectivity index (χ0n) is 11.5. The monoisotopic (exact) mass is 240 g/mol. The van der Waals surface area contributed by atoms with Crippen LogP contribution in [0, 0.1) is 0 Å². The van der Waals surface area contributed by atoms with E-state index in [0.29, 0.717) is 0 Å². The molecule has 0 bridgehead atoms. The Bertz CT molecular complexity index is 305. The third-order valence-corrected chi connectivity index (χ3v) is 3.66. The van der Waals surface area contributed by atoms with Gasteiger partial charge < -0.3 is 9.64 Å². The van der Waals surface area contributed by atoms with Crippen LogP contribution in [-0.2, 0) is 4.74 Å². The average Bonchev–Trinajstić information content (AvgIpc) is 2.96. The second-order valence-corrected chi connectivity index (χ2v) is 6.21.